The molecule has 2 atom stereocenters. The van der Waals surface area contributed by atoms with E-state index < -0.39 is 17.4 Å². The van der Waals surface area contributed by atoms with Crippen LogP contribution in [0.15, 0.2) is 53.8 Å². The van der Waals surface area contributed by atoms with Crippen molar-refractivity contribution in [3.63, 3.8) is 0 Å². The summed E-state index contributed by atoms with van der Waals surface area (Å²) in [5.41, 5.74) is 14.4. The summed E-state index contributed by atoms with van der Waals surface area (Å²) in [4.78, 5) is 34.7. The lowest BCUT2D eigenvalue weighted by molar-refractivity contribution is -0.137. The second-order valence-electron chi connectivity index (χ2n) is 9.35. The Morgan fingerprint density at radius 2 is 2.03 bits per heavy atom. The van der Waals surface area contributed by atoms with Crippen LogP contribution in [0.5, 0.6) is 5.75 Å². The Bertz CT molecular complexity index is 1270. The Labute approximate surface area is 201 Å². The Hall–Kier alpha value is -3.72. The number of aromatic nitrogens is 1. The Kier molecular flexibility index (Phi) is 5.80. The van der Waals surface area contributed by atoms with Crippen LogP contribution in [0, 0.1) is 5.92 Å². The number of carboxylic acids is 1. The van der Waals surface area contributed by atoms with Gasteiger partial charge in [-0.3, -0.25) is 9.59 Å². The molecule has 0 radical (unpaired) electrons. The van der Waals surface area contributed by atoms with Gasteiger partial charge in [-0.25, -0.2) is 9.37 Å². The highest BCUT2D eigenvalue weighted by Crippen LogP contribution is 2.47. The van der Waals surface area contributed by atoms with Gasteiger partial charge in [0.1, 0.15) is 5.82 Å². The first kappa shape index (κ1) is 23.0. The number of pyridine rings is 1. The monoisotopic (exact) mass is 478 g/mol. The molecule has 182 valence electrons. The van der Waals surface area contributed by atoms with E-state index in [0.717, 1.165) is 11.3 Å². The number of carbonyl (C=O) groups is 2. The van der Waals surface area contributed by atoms with Gasteiger partial charge >= 0.3 is 5.97 Å². The molecule has 35 heavy (non-hydrogen) atoms. The number of halogens is 1. The van der Waals surface area contributed by atoms with Crippen LogP contribution < -0.4 is 21.8 Å². The first-order valence-corrected chi connectivity index (χ1v) is 11.7. The van der Waals surface area contributed by atoms with Crippen LogP contribution in [0.4, 0.5) is 15.9 Å². The summed E-state index contributed by atoms with van der Waals surface area (Å²) in [7, 11) is 0. The SMILES string of the molecule is Nc1nccc(C2(F)C(=O)C(C3CNOc4cc(C5CC5)ccc4C3)=CC=C2CCC(=O)O)c1N. The van der Waals surface area contributed by atoms with Gasteiger partial charge in [-0.2, -0.15) is 5.48 Å². The first-order valence-electron chi connectivity index (χ1n) is 11.7. The molecule has 5 rings (SSSR count). The van der Waals surface area contributed by atoms with E-state index in [1.807, 2.05) is 12.1 Å². The van der Waals surface area contributed by atoms with Gasteiger partial charge in [-0.15, -0.1) is 0 Å². The van der Waals surface area contributed by atoms with Crippen molar-refractivity contribution in [1.82, 2.24) is 10.5 Å². The van der Waals surface area contributed by atoms with E-state index in [1.165, 1.54) is 36.7 Å². The van der Waals surface area contributed by atoms with E-state index in [1.54, 1.807) is 6.08 Å². The number of nitrogens with one attached hydrogen (secondary N) is 1. The van der Waals surface area contributed by atoms with E-state index in [-0.39, 0.29) is 47.0 Å². The standard InChI is InChI=1S/C26H27FN4O4/c27-26(20-9-10-30-25(29)23(20)28)18(6-8-22(32)33)5-7-19(24(26)34)17-11-16-4-3-15(14-1-2-14)12-21(16)35-31-13-17/h3-5,7,9-10,12,14,17,31H,1-2,6,8,11,13,28H2,(H2,29,30)(H,32,33). The van der Waals surface area contributed by atoms with Crippen LogP contribution in [0.25, 0.3) is 0 Å². The summed E-state index contributed by atoms with van der Waals surface area (Å²) in [5, 5.41) is 9.16. The predicted molar refractivity (Wildman–Crippen MR) is 128 cm³/mol. The van der Waals surface area contributed by atoms with Crippen molar-refractivity contribution in [1.29, 1.82) is 0 Å². The van der Waals surface area contributed by atoms with Crippen LogP contribution >= 0.6 is 0 Å². The topological polar surface area (TPSA) is 141 Å². The van der Waals surface area contributed by atoms with Crippen LogP contribution in [0.3, 0.4) is 0 Å². The minimum absolute atomic E-state index is 0.0262. The van der Waals surface area contributed by atoms with Gasteiger partial charge in [0.2, 0.25) is 11.5 Å². The van der Waals surface area contributed by atoms with Crippen molar-refractivity contribution < 1.29 is 23.9 Å². The number of nitrogens with two attached hydrogens (primary N) is 2. The van der Waals surface area contributed by atoms with Gasteiger partial charge < -0.3 is 21.4 Å². The molecule has 2 unspecified atom stereocenters. The number of ketones is 1. The zero-order chi connectivity index (χ0) is 24.7. The van der Waals surface area contributed by atoms with Gasteiger partial charge in [-0.05, 0) is 60.4 Å². The molecule has 1 saturated carbocycles. The zero-order valence-corrected chi connectivity index (χ0v) is 19.1. The number of nitrogens with zero attached hydrogens (tertiary/aromatic N) is 1. The lowest BCUT2D eigenvalue weighted by Gasteiger charge is -2.34. The predicted octanol–water partition coefficient (Wildman–Crippen LogP) is 3.34. The van der Waals surface area contributed by atoms with Crippen LogP contribution in [-0.4, -0.2) is 28.4 Å². The number of rotatable bonds is 6. The number of carbonyl (C=O) groups excluding carboxylic acids is 1. The summed E-state index contributed by atoms with van der Waals surface area (Å²) in [6.45, 7) is 0.299. The highest BCUT2D eigenvalue weighted by molar-refractivity contribution is 6.07. The fourth-order valence-corrected chi connectivity index (χ4v) is 4.91. The van der Waals surface area contributed by atoms with Crippen LogP contribution in [0.2, 0.25) is 0 Å². The van der Waals surface area contributed by atoms with Gasteiger partial charge in [0.05, 0.1) is 5.69 Å². The highest BCUT2D eigenvalue weighted by atomic mass is 19.1. The quantitative estimate of drug-likeness (QED) is 0.495. The molecule has 2 heterocycles. The minimum atomic E-state index is -2.65. The minimum Gasteiger partial charge on any atom is -0.481 e. The van der Waals surface area contributed by atoms with Crippen molar-refractivity contribution in [2.45, 2.75) is 43.7 Å². The van der Waals surface area contributed by atoms with Crippen molar-refractivity contribution in [3.8, 4) is 5.75 Å². The molecule has 1 aliphatic heterocycles. The number of hydroxylamine groups is 1. The zero-order valence-electron chi connectivity index (χ0n) is 19.1. The second-order valence-corrected chi connectivity index (χ2v) is 9.35. The highest BCUT2D eigenvalue weighted by Gasteiger charge is 2.49. The average molecular weight is 479 g/mol. The molecule has 1 fully saturated rings. The van der Waals surface area contributed by atoms with E-state index in [4.69, 9.17) is 21.4 Å². The summed E-state index contributed by atoms with van der Waals surface area (Å²) >= 11 is 0. The summed E-state index contributed by atoms with van der Waals surface area (Å²) in [5.74, 6) is -1.04. The third-order valence-electron chi connectivity index (χ3n) is 7.04. The lowest BCUT2D eigenvalue weighted by Crippen LogP contribution is -2.41. The third-order valence-corrected chi connectivity index (χ3v) is 7.04. The summed E-state index contributed by atoms with van der Waals surface area (Å²) < 4.78 is 16.9. The maximum absolute atomic E-state index is 16.9. The van der Waals surface area contributed by atoms with E-state index in [2.05, 4.69) is 16.5 Å². The van der Waals surface area contributed by atoms with Crippen molar-refractivity contribution in [2.24, 2.45) is 5.92 Å². The molecular formula is C26H27FN4O4. The normalized spacial score (nSPS) is 24.0. The first-order chi connectivity index (χ1) is 16.8. The maximum atomic E-state index is 16.9. The molecule has 8 nitrogen and oxygen atoms in total. The molecule has 3 aliphatic rings. The number of carboxylic acid groups (broad SMARTS) is 1. The molecule has 2 aliphatic carbocycles. The second kappa shape index (κ2) is 8.81. The average Bonchev–Trinajstić information content (AvgIpc) is 3.68. The van der Waals surface area contributed by atoms with Crippen molar-refractivity contribution in [3.05, 3.63) is 70.5 Å². The summed E-state index contributed by atoms with van der Waals surface area (Å²) in [6, 6.07) is 7.45. The van der Waals surface area contributed by atoms with Crippen molar-refractivity contribution in [2.75, 3.05) is 18.0 Å². The smallest absolute Gasteiger partial charge is 0.303 e. The maximum Gasteiger partial charge on any atom is 0.303 e. The van der Waals surface area contributed by atoms with E-state index >= 15 is 4.39 Å². The van der Waals surface area contributed by atoms with Gasteiger partial charge in [0.25, 0.3) is 0 Å². The molecule has 0 saturated heterocycles. The molecule has 0 bridgehead atoms. The Morgan fingerprint density at radius 3 is 2.77 bits per heavy atom. The Balaban J connectivity index is 1.52. The molecule has 6 N–H and O–H groups in total. The number of Topliss-reactive ketones (excluding diaryl/α,β-unsaturated/α-hetero) is 1. The largest absolute Gasteiger partial charge is 0.481 e. The number of aliphatic carboxylic acids is 1. The van der Waals surface area contributed by atoms with Gasteiger partial charge in [0, 0.05) is 36.2 Å². The third kappa shape index (κ3) is 4.16. The van der Waals surface area contributed by atoms with Gasteiger partial charge in [0.15, 0.2) is 5.75 Å². The Morgan fingerprint density at radius 1 is 1.23 bits per heavy atom. The van der Waals surface area contributed by atoms with Gasteiger partial charge in [-0.1, -0.05) is 24.3 Å². The number of hydrogen-bond acceptors (Lipinski definition) is 7. The van der Waals surface area contributed by atoms with Crippen LogP contribution in [-0.2, 0) is 21.7 Å². The number of benzene rings is 1. The number of hydrogen-bond donors (Lipinski definition) is 4. The van der Waals surface area contributed by atoms with Crippen molar-refractivity contribution >= 4 is 23.3 Å². The summed E-state index contributed by atoms with van der Waals surface area (Å²) in [6.07, 6.45) is 6.73. The molecular weight excluding hydrogens is 451 g/mol. The molecule has 1 aromatic carbocycles. The number of fused-ring (bicyclic) bond motifs is 1. The molecule has 2 aromatic rings. The fraction of sp³-hybridized carbons (Fsp3) is 0.346. The number of allylic oxidation sites excluding steroid dienone is 3. The van der Waals surface area contributed by atoms with E-state index in [9.17, 15) is 9.59 Å². The number of alkyl halides is 1. The lowest BCUT2D eigenvalue weighted by atomic mass is 9.72. The molecule has 0 amide bonds. The molecule has 9 heteroatoms. The molecule has 0 spiro atoms. The molecule has 1 aromatic heterocycles. The van der Waals surface area contributed by atoms with E-state index in [0.29, 0.717) is 18.9 Å². The fourth-order valence-electron chi connectivity index (χ4n) is 4.91. The van der Waals surface area contributed by atoms with Crippen LogP contribution in [0.1, 0.15) is 48.3 Å². The number of nitrogen functional groups attached to an aromatic ring is 2. The number of anilines is 2.